The molecule has 0 aromatic carbocycles. The van der Waals surface area contributed by atoms with Crippen molar-refractivity contribution in [2.75, 3.05) is 6.61 Å². The molecule has 0 saturated heterocycles. The fourth-order valence-corrected chi connectivity index (χ4v) is 1.38. The van der Waals surface area contributed by atoms with Crippen LogP contribution in [0.4, 0.5) is 0 Å². The molecular formula is C5H5ClO3S. The third-order valence-corrected chi connectivity index (χ3v) is 2.39. The summed E-state index contributed by atoms with van der Waals surface area (Å²) in [4.78, 5) is 0.0976. The fourth-order valence-electron chi connectivity index (χ4n) is 0.550. The van der Waals surface area contributed by atoms with Gasteiger partial charge in [-0.3, -0.25) is 0 Å². The molecule has 10 heavy (non-hydrogen) atoms. The van der Waals surface area contributed by atoms with E-state index >= 15 is 0 Å². The van der Waals surface area contributed by atoms with Crippen molar-refractivity contribution in [3.8, 4) is 0 Å². The van der Waals surface area contributed by atoms with E-state index in [4.69, 9.17) is 15.4 Å². The lowest BCUT2D eigenvalue weighted by Gasteiger charge is -2.03. The van der Waals surface area contributed by atoms with Crippen LogP contribution in [-0.4, -0.2) is 15.0 Å². The molecule has 0 fully saturated rings. The van der Waals surface area contributed by atoms with Gasteiger partial charge in [-0.05, 0) is 12.2 Å². The van der Waals surface area contributed by atoms with Crippen molar-refractivity contribution in [2.45, 2.75) is 0 Å². The molecule has 0 bridgehead atoms. The summed E-state index contributed by atoms with van der Waals surface area (Å²) in [6.07, 6.45) is 4.02. The summed E-state index contributed by atoms with van der Waals surface area (Å²) in [6, 6.07) is 0. The van der Waals surface area contributed by atoms with E-state index in [2.05, 4.69) is 0 Å². The first-order chi connectivity index (χ1) is 4.61. The van der Waals surface area contributed by atoms with Gasteiger partial charge in [0.15, 0.2) is 0 Å². The molecule has 1 aliphatic heterocycles. The maximum atomic E-state index is 10.6. The Hall–Kier alpha value is -0.480. The molecule has 1 heterocycles. The van der Waals surface area contributed by atoms with E-state index in [0.717, 1.165) is 0 Å². The number of halogens is 1. The van der Waals surface area contributed by atoms with Crippen molar-refractivity contribution in [1.82, 2.24) is 0 Å². The second-order valence-corrected chi connectivity index (χ2v) is 4.25. The highest BCUT2D eigenvalue weighted by molar-refractivity contribution is 8.17. The minimum absolute atomic E-state index is 0.0976. The summed E-state index contributed by atoms with van der Waals surface area (Å²) >= 11 is 0. The molecule has 0 radical (unpaired) electrons. The Labute approximate surface area is 63.4 Å². The second-order valence-electron chi connectivity index (χ2n) is 1.68. The van der Waals surface area contributed by atoms with Crippen LogP contribution in [0.5, 0.6) is 0 Å². The average molecular weight is 181 g/mol. The molecule has 0 unspecified atom stereocenters. The summed E-state index contributed by atoms with van der Waals surface area (Å²) in [5, 5.41) is 0. The quantitative estimate of drug-likeness (QED) is 0.565. The first-order valence-electron chi connectivity index (χ1n) is 2.54. The summed E-state index contributed by atoms with van der Waals surface area (Å²) in [7, 11) is 1.45. The molecule has 1 aliphatic rings. The van der Waals surface area contributed by atoms with Crippen LogP contribution in [0.1, 0.15) is 0 Å². The van der Waals surface area contributed by atoms with Crippen LogP contribution in [0.15, 0.2) is 23.3 Å². The van der Waals surface area contributed by atoms with E-state index in [1.807, 2.05) is 0 Å². The molecule has 0 atom stereocenters. The monoisotopic (exact) mass is 180 g/mol. The molecule has 0 amide bonds. The number of allylic oxidation sites excluding steroid dienone is 1. The van der Waals surface area contributed by atoms with E-state index in [-0.39, 0.29) is 11.5 Å². The van der Waals surface area contributed by atoms with Gasteiger partial charge in [0.05, 0.1) is 11.2 Å². The zero-order valence-corrected chi connectivity index (χ0v) is 6.52. The van der Waals surface area contributed by atoms with Crippen LogP contribution in [0.25, 0.3) is 0 Å². The average Bonchev–Trinajstić information content (AvgIpc) is 1.88. The Morgan fingerprint density at radius 3 is 2.60 bits per heavy atom. The maximum absolute atomic E-state index is 10.6. The first kappa shape index (κ1) is 7.63. The smallest absolute Gasteiger partial charge is 0.261 e. The number of hydrogen-bond donors (Lipinski definition) is 0. The van der Waals surface area contributed by atoms with Crippen molar-refractivity contribution in [3.05, 3.63) is 23.3 Å². The lowest BCUT2D eigenvalue weighted by atomic mass is 10.4. The van der Waals surface area contributed by atoms with E-state index in [1.54, 1.807) is 0 Å². The number of ether oxygens (including phenoxy) is 1. The molecule has 0 N–H and O–H groups in total. The number of rotatable bonds is 1. The lowest BCUT2D eigenvalue weighted by Crippen LogP contribution is -1.98. The molecular weight excluding hydrogens is 176 g/mol. The summed E-state index contributed by atoms with van der Waals surface area (Å²) in [5.74, 6) is 0. The van der Waals surface area contributed by atoms with E-state index in [9.17, 15) is 8.42 Å². The molecule has 0 spiro atoms. The third kappa shape index (κ3) is 1.75. The van der Waals surface area contributed by atoms with Crippen LogP contribution in [0.3, 0.4) is 0 Å². The molecule has 1 rings (SSSR count). The van der Waals surface area contributed by atoms with Crippen LogP contribution in [0, 0.1) is 0 Å². The SMILES string of the molecule is O=S(=O)(Cl)C1=CCOC=C1. The highest BCUT2D eigenvalue weighted by Gasteiger charge is 2.11. The summed E-state index contributed by atoms with van der Waals surface area (Å²) in [5.41, 5.74) is 0. The minimum atomic E-state index is -3.56. The Morgan fingerprint density at radius 1 is 1.60 bits per heavy atom. The predicted molar refractivity (Wildman–Crippen MR) is 37.9 cm³/mol. The van der Waals surface area contributed by atoms with Gasteiger partial charge in [0.25, 0.3) is 9.05 Å². The predicted octanol–water partition coefficient (Wildman–Crippen LogP) is 0.983. The standard InChI is InChI=1S/C5H5ClO3S/c6-10(7,8)5-1-3-9-4-2-5/h1-3H,4H2. The first-order valence-corrected chi connectivity index (χ1v) is 4.84. The fraction of sp³-hybridized carbons (Fsp3) is 0.200. The van der Waals surface area contributed by atoms with Gasteiger partial charge in [0.1, 0.15) is 6.61 Å². The van der Waals surface area contributed by atoms with Crippen molar-refractivity contribution in [3.63, 3.8) is 0 Å². The van der Waals surface area contributed by atoms with Gasteiger partial charge in [-0.15, -0.1) is 0 Å². The highest BCUT2D eigenvalue weighted by Crippen LogP contribution is 2.15. The third-order valence-electron chi connectivity index (χ3n) is 0.991. The van der Waals surface area contributed by atoms with Gasteiger partial charge < -0.3 is 4.74 Å². The van der Waals surface area contributed by atoms with E-state index in [1.165, 1.54) is 18.4 Å². The van der Waals surface area contributed by atoms with Gasteiger partial charge in [-0.2, -0.15) is 0 Å². The molecule has 3 nitrogen and oxygen atoms in total. The van der Waals surface area contributed by atoms with Gasteiger partial charge in [0, 0.05) is 10.7 Å². The lowest BCUT2D eigenvalue weighted by molar-refractivity contribution is 0.285. The Balaban J connectivity index is 2.94. The normalized spacial score (nSPS) is 17.9. The molecule has 0 aromatic heterocycles. The van der Waals surface area contributed by atoms with Crippen LogP contribution < -0.4 is 0 Å². The van der Waals surface area contributed by atoms with Crippen molar-refractivity contribution < 1.29 is 13.2 Å². The van der Waals surface area contributed by atoms with Crippen molar-refractivity contribution in [1.29, 1.82) is 0 Å². The Morgan fingerprint density at radius 2 is 2.30 bits per heavy atom. The zero-order valence-electron chi connectivity index (χ0n) is 4.95. The van der Waals surface area contributed by atoms with Crippen molar-refractivity contribution in [2.24, 2.45) is 0 Å². The maximum Gasteiger partial charge on any atom is 0.261 e. The van der Waals surface area contributed by atoms with Gasteiger partial charge in [-0.1, -0.05) is 0 Å². The van der Waals surface area contributed by atoms with Crippen LogP contribution >= 0.6 is 10.7 Å². The molecule has 56 valence electrons. The minimum Gasteiger partial charge on any atom is -0.497 e. The summed E-state index contributed by atoms with van der Waals surface area (Å²) < 4.78 is 25.9. The molecule has 0 aromatic rings. The van der Waals surface area contributed by atoms with Crippen LogP contribution in [-0.2, 0) is 13.8 Å². The largest absolute Gasteiger partial charge is 0.497 e. The van der Waals surface area contributed by atoms with Gasteiger partial charge >= 0.3 is 0 Å². The van der Waals surface area contributed by atoms with E-state index < -0.39 is 9.05 Å². The van der Waals surface area contributed by atoms with Gasteiger partial charge in [-0.25, -0.2) is 8.42 Å². The van der Waals surface area contributed by atoms with Crippen molar-refractivity contribution >= 4 is 19.7 Å². The Bertz CT molecular complexity index is 275. The molecule has 5 heteroatoms. The topological polar surface area (TPSA) is 43.4 Å². The number of hydrogen-bond acceptors (Lipinski definition) is 3. The van der Waals surface area contributed by atoms with E-state index in [0.29, 0.717) is 0 Å². The van der Waals surface area contributed by atoms with Crippen LogP contribution in [0.2, 0.25) is 0 Å². The molecule has 0 aliphatic carbocycles. The zero-order chi connectivity index (χ0) is 7.61. The summed E-state index contributed by atoms with van der Waals surface area (Å²) in [6.45, 7) is 0.262. The molecule has 0 saturated carbocycles. The second kappa shape index (κ2) is 2.64. The highest BCUT2D eigenvalue weighted by atomic mass is 35.7. The Kier molecular flexibility index (Phi) is 2.01. The van der Waals surface area contributed by atoms with Gasteiger partial charge in [0.2, 0.25) is 0 Å².